The number of rotatable bonds is 11. The zero-order valence-corrected chi connectivity index (χ0v) is 30.3. The number of benzene rings is 4. The number of nitrogens with one attached hydrogen (secondary N) is 4. The first-order valence-electron chi connectivity index (χ1n) is 17.5. The topological polar surface area (TPSA) is 246 Å². The van der Waals surface area contributed by atoms with Gasteiger partial charge in [-0.2, -0.15) is 0 Å². The third kappa shape index (κ3) is 8.70. The molecule has 4 N–H and O–H groups in total. The molecule has 0 spiro atoms. The molecule has 57 heavy (non-hydrogen) atoms. The van der Waals surface area contributed by atoms with Gasteiger partial charge in [-0.25, -0.2) is 10.2 Å². The van der Waals surface area contributed by atoms with Crippen molar-refractivity contribution in [2.45, 2.75) is 20.3 Å². The van der Waals surface area contributed by atoms with Crippen LogP contribution in [-0.2, 0) is 0 Å². The highest BCUT2D eigenvalue weighted by Gasteiger charge is 2.16. The predicted octanol–water partition coefficient (Wildman–Crippen LogP) is 5.64. The van der Waals surface area contributed by atoms with Gasteiger partial charge in [0.1, 0.15) is 17.1 Å². The average molecular weight is 769 g/mol. The highest BCUT2D eigenvalue weighted by atomic mass is 16.5. The molecule has 0 aliphatic heterocycles. The minimum absolute atomic E-state index is 0.173. The predicted molar refractivity (Wildman–Crippen MR) is 207 cm³/mol. The van der Waals surface area contributed by atoms with Crippen LogP contribution in [0.5, 0.6) is 11.5 Å². The number of fused-ring (bicyclic) bond motifs is 2. The van der Waals surface area contributed by atoms with E-state index in [0.717, 1.165) is 6.42 Å². The minimum atomic E-state index is -0.339. The number of ether oxygens (including phenoxy) is 2. The average Bonchev–Trinajstić information content (AvgIpc) is 3.98. The second-order valence-corrected chi connectivity index (χ2v) is 12.1. The minimum Gasteiger partial charge on any atom is -0.494 e. The maximum atomic E-state index is 12.7. The van der Waals surface area contributed by atoms with Crippen LogP contribution in [0.15, 0.2) is 115 Å². The standard InChI is InChI=1S/C20H17N5O4.C19H15N5O4/c1-2-10-28-13-8-6-12(7-9-13)20(27)21-15-5-3-4-14-16(26)11-17(29-18(14)15)19-22-24-25-23-19;1-2-27-13-6-3-11(4-7-13)19(26)20-12-5-8-16-14(9-12)15(25)10-17(28-16)18-21-23-24-22-18/h3-9,11H,2,10H2,1H3,(H,21,27)(H,22,23,24,25);3-10H,2H2,1H3,(H,20,26)(H,21,22,23,24). The lowest BCUT2D eigenvalue weighted by molar-refractivity contribution is 0.101. The molecule has 0 radical (unpaired) electrons. The molecular weight excluding hydrogens is 736 g/mol. The molecule has 8 rings (SSSR count). The van der Waals surface area contributed by atoms with E-state index in [2.05, 4.69) is 51.9 Å². The Morgan fingerprint density at radius 1 is 0.667 bits per heavy atom. The molecule has 0 fully saturated rings. The molecule has 0 aliphatic rings. The van der Waals surface area contributed by atoms with Gasteiger partial charge in [0, 0.05) is 28.9 Å². The van der Waals surface area contributed by atoms with Crippen molar-refractivity contribution in [3.05, 3.63) is 129 Å². The van der Waals surface area contributed by atoms with Crippen LogP contribution in [0.3, 0.4) is 0 Å². The summed E-state index contributed by atoms with van der Waals surface area (Å²) in [4.78, 5) is 50.0. The summed E-state index contributed by atoms with van der Waals surface area (Å²) in [5, 5.41) is 32.7. The van der Waals surface area contributed by atoms with Crippen molar-refractivity contribution in [2.75, 3.05) is 23.8 Å². The molecule has 0 saturated heterocycles. The third-order valence-corrected chi connectivity index (χ3v) is 8.16. The Morgan fingerprint density at radius 3 is 1.86 bits per heavy atom. The molecule has 8 aromatic rings. The molecular formula is C39H32N10O8. The van der Waals surface area contributed by atoms with E-state index in [1.54, 1.807) is 84.9 Å². The summed E-state index contributed by atoms with van der Waals surface area (Å²) in [6, 6.07) is 26.0. The molecule has 18 nitrogen and oxygen atoms in total. The van der Waals surface area contributed by atoms with Crippen LogP contribution in [0.2, 0.25) is 0 Å². The number of tetrazole rings is 2. The molecule has 0 bridgehead atoms. The van der Waals surface area contributed by atoms with Crippen LogP contribution in [0.1, 0.15) is 41.0 Å². The van der Waals surface area contributed by atoms with Gasteiger partial charge in [-0.1, -0.05) is 13.0 Å². The Labute approximate surface area is 321 Å². The number of aromatic nitrogens is 8. The molecule has 4 aromatic heterocycles. The molecule has 0 saturated carbocycles. The van der Waals surface area contributed by atoms with Gasteiger partial charge < -0.3 is 28.9 Å². The number of hydrogen-bond acceptors (Lipinski definition) is 14. The van der Waals surface area contributed by atoms with Gasteiger partial charge in [0.2, 0.25) is 11.6 Å². The van der Waals surface area contributed by atoms with Gasteiger partial charge in [0.25, 0.3) is 11.8 Å². The normalized spacial score (nSPS) is 10.8. The fraction of sp³-hybridized carbons (Fsp3) is 0.128. The van der Waals surface area contributed by atoms with E-state index in [-0.39, 0.29) is 51.4 Å². The highest BCUT2D eigenvalue weighted by molar-refractivity contribution is 6.08. The van der Waals surface area contributed by atoms with Crippen molar-refractivity contribution in [1.29, 1.82) is 0 Å². The zero-order chi connectivity index (χ0) is 39.7. The Hall–Kier alpha value is -8.02. The summed E-state index contributed by atoms with van der Waals surface area (Å²) in [6.07, 6.45) is 0.903. The van der Waals surface area contributed by atoms with Crippen molar-refractivity contribution < 1.29 is 27.9 Å². The van der Waals surface area contributed by atoms with Gasteiger partial charge >= 0.3 is 0 Å². The summed E-state index contributed by atoms with van der Waals surface area (Å²) < 4.78 is 22.4. The number of carbonyl (C=O) groups is 2. The number of aromatic amines is 2. The number of hydrogen-bond donors (Lipinski definition) is 4. The van der Waals surface area contributed by atoms with E-state index < -0.39 is 0 Å². The smallest absolute Gasteiger partial charge is 0.255 e. The molecule has 286 valence electrons. The van der Waals surface area contributed by atoms with Crippen LogP contribution >= 0.6 is 0 Å². The quantitative estimate of drug-likeness (QED) is 0.124. The summed E-state index contributed by atoms with van der Waals surface area (Å²) in [5.74, 6) is 1.63. The number of amides is 2. The Kier molecular flexibility index (Phi) is 11.1. The van der Waals surface area contributed by atoms with Crippen LogP contribution in [0, 0.1) is 0 Å². The van der Waals surface area contributed by atoms with E-state index in [0.29, 0.717) is 63.6 Å². The maximum absolute atomic E-state index is 12.7. The third-order valence-electron chi connectivity index (χ3n) is 8.16. The van der Waals surface area contributed by atoms with E-state index >= 15 is 0 Å². The number of anilines is 2. The van der Waals surface area contributed by atoms with Gasteiger partial charge in [-0.3, -0.25) is 19.2 Å². The van der Waals surface area contributed by atoms with Crippen LogP contribution in [0.25, 0.3) is 45.1 Å². The van der Waals surface area contributed by atoms with E-state index in [9.17, 15) is 19.2 Å². The largest absolute Gasteiger partial charge is 0.494 e. The Bertz CT molecular complexity index is 2770. The fourth-order valence-corrected chi connectivity index (χ4v) is 5.46. The van der Waals surface area contributed by atoms with Gasteiger partial charge in [-0.05, 0) is 113 Å². The van der Waals surface area contributed by atoms with Crippen LogP contribution in [0.4, 0.5) is 11.4 Å². The van der Waals surface area contributed by atoms with Crippen molar-refractivity contribution in [2.24, 2.45) is 0 Å². The van der Waals surface area contributed by atoms with E-state index in [4.69, 9.17) is 18.3 Å². The second kappa shape index (κ2) is 17.0. The second-order valence-electron chi connectivity index (χ2n) is 12.1. The Balaban J connectivity index is 0.000000174. The highest BCUT2D eigenvalue weighted by Crippen LogP contribution is 2.26. The first kappa shape index (κ1) is 37.3. The number of carbonyl (C=O) groups excluding carboxylic acids is 2. The van der Waals surface area contributed by atoms with E-state index in [1.165, 1.54) is 12.1 Å². The lowest BCUT2D eigenvalue weighted by Gasteiger charge is -2.09. The van der Waals surface area contributed by atoms with Crippen molar-refractivity contribution in [3.8, 4) is 34.7 Å². The van der Waals surface area contributed by atoms with Gasteiger partial charge in [0.05, 0.1) is 29.7 Å². The fourth-order valence-electron chi connectivity index (χ4n) is 5.46. The lowest BCUT2D eigenvalue weighted by atomic mass is 10.1. The summed E-state index contributed by atoms with van der Waals surface area (Å²) in [5.41, 5.74) is 1.82. The molecule has 0 aliphatic carbocycles. The molecule has 2 amide bonds. The number of H-pyrrole nitrogens is 2. The molecule has 0 unspecified atom stereocenters. The SMILES string of the molecule is CCCOc1ccc(C(=O)Nc2cccc3c(=O)cc(-c4nnn[nH]4)oc23)cc1.CCOc1ccc(C(=O)Nc2ccc3oc(-c4nnn[nH]4)cc(=O)c3c2)cc1. The molecule has 4 aromatic carbocycles. The van der Waals surface area contributed by atoms with Crippen molar-refractivity contribution in [1.82, 2.24) is 41.2 Å². The molecule has 4 heterocycles. The lowest BCUT2D eigenvalue weighted by Crippen LogP contribution is -2.13. The van der Waals surface area contributed by atoms with Crippen molar-refractivity contribution >= 4 is 45.1 Å². The number of para-hydroxylation sites is 1. The van der Waals surface area contributed by atoms with Crippen LogP contribution in [-0.4, -0.2) is 66.3 Å². The monoisotopic (exact) mass is 768 g/mol. The maximum Gasteiger partial charge on any atom is 0.255 e. The van der Waals surface area contributed by atoms with Gasteiger partial charge in [-0.15, -0.1) is 10.2 Å². The Morgan fingerprint density at radius 2 is 1.26 bits per heavy atom. The summed E-state index contributed by atoms with van der Waals surface area (Å²) in [6.45, 7) is 5.08. The summed E-state index contributed by atoms with van der Waals surface area (Å²) >= 11 is 0. The first-order valence-corrected chi connectivity index (χ1v) is 17.5. The zero-order valence-electron chi connectivity index (χ0n) is 30.3. The molecule has 0 atom stereocenters. The first-order chi connectivity index (χ1) is 27.8. The van der Waals surface area contributed by atoms with E-state index in [1.807, 2.05) is 13.8 Å². The van der Waals surface area contributed by atoms with Crippen molar-refractivity contribution in [3.63, 3.8) is 0 Å². The summed E-state index contributed by atoms with van der Waals surface area (Å²) in [7, 11) is 0. The van der Waals surface area contributed by atoms with Crippen LogP contribution < -0.4 is 31.0 Å². The van der Waals surface area contributed by atoms with Gasteiger partial charge in [0.15, 0.2) is 28.0 Å². The molecule has 18 heteroatoms. The number of nitrogens with zero attached hydrogens (tertiary/aromatic N) is 6.